The van der Waals surface area contributed by atoms with Crippen LogP contribution in [0, 0.1) is 0 Å². The molecule has 148 valence electrons. The van der Waals surface area contributed by atoms with Crippen molar-refractivity contribution in [3.05, 3.63) is 76.8 Å². The Morgan fingerprint density at radius 2 is 1.79 bits per heavy atom. The van der Waals surface area contributed by atoms with Gasteiger partial charge in [0.25, 0.3) is 0 Å². The average molecular weight is 453 g/mol. The summed E-state index contributed by atoms with van der Waals surface area (Å²) in [5.74, 6) is 2.03. The summed E-state index contributed by atoms with van der Waals surface area (Å²) in [5, 5.41) is 12.5. The lowest BCUT2D eigenvalue weighted by Gasteiger charge is -2.13. The van der Waals surface area contributed by atoms with E-state index in [0.717, 1.165) is 46.4 Å². The molecule has 0 saturated heterocycles. The van der Waals surface area contributed by atoms with Gasteiger partial charge in [-0.3, -0.25) is 4.90 Å². The van der Waals surface area contributed by atoms with Crippen LogP contribution in [0.5, 0.6) is 0 Å². The maximum absolute atomic E-state index is 5.80. The van der Waals surface area contributed by atoms with Gasteiger partial charge in [0.05, 0.1) is 6.54 Å². The number of aromatic nitrogens is 3. The Bertz CT molecular complexity index is 1060. The van der Waals surface area contributed by atoms with Crippen LogP contribution >= 0.6 is 15.9 Å². The van der Waals surface area contributed by atoms with Gasteiger partial charge in [-0.1, -0.05) is 57.5 Å². The lowest BCUT2D eigenvalue weighted by Crippen LogP contribution is -2.19. The fraction of sp³-hybridized carbons (Fsp3) is 0.227. The van der Waals surface area contributed by atoms with E-state index < -0.39 is 0 Å². The Balaban J connectivity index is 1.27. The Kier molecular flexibility index (Phi) is 6.17. The molecule has 0 atom stereocenters. The van der Waals surface area contributed by atoms with Crippen molar-refractivity contribution in [3.8, 4) is 22.7 Å². The van der Waals surface area contributed by atoms with E-state index in [0.29, 0.717) is 18.3 Å². The van der Waals surface area contributed by atoms with Crippen molar-refractivity contribution in [2.75, 3.05) is 13.6 Å². The summed E-state index contributed by atoms with van der Waals surface area (Å²) in [6.45, 7) is 1.49. The van der Waals surface area contributed by atoms with Gasteiger partial charge in [-0.2, -0.15) is 0 Å². The zero-order valence-electron chi connectivity index (χ0n) is 16.1. The molecule has 0 unspecified atom stereocenters. The van der Waals surface area contributed by atoms with Crippen LogP contribution in [0.4, 0.5) is 0 Å². The Morgan fingerprint density at radius 3 is 2.62 bits per heavy atom. The Morgan fingerprint density at radius 1 is 0.966 bits per heavy atom. The molecule has 29 heavy (non-hydrogen) atoms. The molecule has 0 bridgehead atoms. The van der Waals surface area contributed by atoms with Gasteiger partial charge in [0.15, 0.2) is 0 Å². The highest BCUT2D eigenvalue weighted by molar-refractivity contribution is 9.10. The van der Waals surface area contributed by atoms with E-state index in [1.165, 1.54) is 0 Å². The van der Waals surface area contributed by atoms with Gasteiger partial charge in [0.2, 0.25) is 11.8 Å². The van der Waals surface area contributed by atoms with Crippen LogP contribution in [0.25, 0.3) is 22.7 Å². The molecule has 7 heteroatoms. The highest BCUT2D eigenvalue weighted by Crippen LogP contribution is 2.22. The van der Waals surface area contributed by atoms with Crippen molar-refractivity contribution in [2.45, 2.75) is 19.4 Å². The van der Waals surface area contributed by atoms with Gasteiger partial charge in [-0.05, 0) is 38.2 Å². The lowest BCUT2D eigenvalue weighted by molar-refractivity contribution is 0.281. The van der Waals surface area contributed by atoms with E-state index in [2.05, 4.69) is 36.2 Å². The van der Waals surface area contributed by atoms with Crippen LogP contribution in [0.1, 0.15) is 18.1 Å². The first-order valence-corrected chi connectivity index (χ1v) is 10.2. The quantitative estimate of drug-likeness (QED) is 0.365. The maximum Gasteiger partial charge on any atom is 0.247 e. The SMILES string of the molecule is CN(CCCc1cc(-c2ccccc2)no1)Cc1nnc(-c2cccc(Br)c2)o1. The minimum atomic E-state index is 0.532. The van der Waals surface area contributed by atoms with Crippen molar-refractivity contribution in [1.82, 2.24) is 20.3 Å². The second-order valence-corrected chi connectivity index (χ2v) is 7.81. The summed E-state index contributed by atoms with van der Waals surface area (Å²) in [4.78, 5) is 2.16. The summed E-state index contributed by atoms with van der Waals surface area (Å²) >= 11 is 3.46. The topological polar surface area (TPSA) is 68.2 Å². The number of benzene rings is 2. The zero-order valence-corrected chi connectivity index (χ0v) is 17.7. The number of rotatable bonds is 8. The van der Waals surface area contributed by atoms with Crippen LogP contribution in [0.3, 0.4) is 0 Å². The Labute approximate surface area is 177 Å². The van der Waals surface area contributed by atoms with Gasteiger partial charge in [0.1, 0.15) is 11.5 Å². The minimum Gasteiger partial charge on any atom is -0.419 e. The second kappa shape index (κ2) is 9.15. The fourth-order valence-electron chi connectivity index (χ4n) is 3.06. The molecule has 0 saturated carbocycles. The van der Waals surface area contributed by atoms with Crippen molar-refractivity contribution in [3.63, 3.8) is 0 Å². The Hall–Kier alpha value is -2.77. The lowest BCUT2D eigenvalue weighted by atomic mass is 10.1. The zero-order chi connectivity index (χ0) is 20.1. The summed E-state index contributed by atoms with van der Waals surface area (Å²) < 4.78 is 12.2. The third-order valence-electron chi connectivity index (χ3n) is 4.54. The molecule has 6 nitrogen and oxygen atoms in total. The molecule has 0 amide bonds. The van der Waals surface area contributed by atoms with Gasteiger partial charge in [-0.15, -0.1) is 10.2 Å². The molecule has 0 fully saturated rings. The van der Waals surface area contributed by atoms with Crippen molar-refractivity contribution >= 4 is 15.9 Å². The van der Waals surface area contributed by atoms with E-state index >= 15 is 0 Å². The predicted molar refractivity (Wildman–Crippen MR) is 114 cm³/mol. The fourth-order valence-corrected chi connectivity index (χ4v) is 3.46. The molecule has 2 aromatic heterocycles. The smallest absolute Gasteiger partial charge is 0.247 e. The van der Waals surface area contributed by atoms with Gasteiger partial charge in [0, 0.05) is 28.1 Å². The molecular weight excluding hydrogens is 432 g/mol. The summed E-state index contributed by atoms with van der Waals surface area (Å²) in [7, 11) is 2.04. The van der Waals surface area contributed by atoms with Crippen molar-refractivity contribution < 1.29 is 8.94 Å². The summed E-state index contributed by atoms with van der Waals surface area (Å²) in [6.07, 6.45) is 1.78. The first-order chi connectivity index (χ1) is 14.2. The van der Waals surface area contributed by atoms with Crippen LogP contribution in [-0.4, -0.2) is 33.8 Å². The van der Waals surface area contributed by atoms with Crippen molar-refractivity contribution in [2.24, 2.45) is 0 Å². The number of hydrogen-bond acceptors (Lipinski definition) is 6. The third kappa shape index (κ3) is 5.19. The van der Waals surface area contributed by atoms with Gasteiger partial charge in [-0.25, -0.2) is 0 Å². The molecule has 4 rings (SSSR count). The molecule has 0 spiro atoms. The van der Waals surface area contributed by atoms with E-state index in [-0.39, 0.29) is 0 Å². The van der Waals surface area contributed by atoms with E-state index in [4.69, 9.17) is 8.94 Å². The number of nitrogens with zero attached hydrogens (tertiary/aromatic N) is 4. The maximum atomic E-state index is 5.80. The average Bonchev–Trinajstić information content (AvgIpc) is 3.39. The van der Waals surface area contributed by atoms with Crippen molar-refractivity contribution in [1.29, 1.82) is 0 Å². The number of hydrogen-bond donors (Lipinski definition) is 0. The number of halogens is 1. The first-order valence-electron chi connectivity index (χ1n) is 9.45. The highest BCUT2D eigenvalue weighted by atomic mass is 79.9. The largest absolute Gasteiger partial charge is 0.419 e. The first kappa shape index (κ1) is 19.5. The van der Waals surface area contributed by atoms with Gasteiger partial charge < -0.3 is 8.94 Å². The van der Waals surface area contributed by atoms with Crippen LogP contribution in [-0.2, 0) is 13.0 Å². The van der Waals surface area contributed by atoms with Gasteiger partial charge >= 0.3 is 0 Å². The van der Waals surface area contributed by atoms with Crippen LogP contribution in [0.2, 0.25) is 0 Å². The molecule has 0 N–H and O–H groups in total. The molecule has 2 heterocycles. The van der Waals surface area contributed by atoms with Crippen LogP contribution in [0.15, 0.2) is 74.1 Å². The normalized spacial score (nSPS) is 11.3. The number of aryl methyl sites for hydroxylation is 1. The predicted octanol–water partition coefficient (Wildman–Crippen LogP) is 5.22. The molecule has 4 aromatic rings. The highest BCUT2D eigenvalue weighted by Gasteiger charge is 2.12. The molecule has 2 aromatic carbocycles. The minimum absolute atomic E-state index is 0.532. The van der Waals surface area contributed by atoms with E-state index in [1.54, 1.807) is 0 Å². The molecule has 0 aliphatic carbocycles. The molecule has 0 aliphatic heterocycles. The molecule has 0 radical (unpaired) electrons. The molecular formula is C22H21BrN4O2. The summed E-state index contributed by atoms with van der Waals surface area (Å²) in [6, 6.07) is 19.9. The van der Waals surface area contributed by atoms with Crippen LogP contribution < -0.4 is 0 Å². The second-order valence-electron chi connectivity index (χ2n) is 6.90. The standard InChI is InChI=1S/C22H21BrN4O2/c1-27(15-21-24-25-22(28-21)17-9-5-10-18(23)13-17)12-6-11-19-14-20(26-29-19)16-7-3-2-4-8-16/h2-5,7-10,13-14H,6,11-12,15H2,1H3. The van der Waals surface area contributed by atoms with E-state index in [1.807, 2.05) is 67.7 Å². The van der Waals surface area contributed by atoms with E-state index in [9.17, 15) is 0 Å². The monoisotopic (exact) mass is 452 g/mol. The third-order valence-corrected chi connectivity index (χ3v) is 5.03. The molecule has 0 aliphatic rings. The summed E-state index contributed by atoms with van der Waals surface area (Å²) in [5.41, 5.74) is 2.84.